The number of benzene rings is 1. The fourth-order valence-electron chi connectivity index (χ4n) is 2.00. The maximum absolute atomic E-state index is 11.9. The van der Waals surface area contributed by atoms with Crippen LogP contribution < -0.4 is 5.32 Å². The van der Waals surface area contributed by atoms with Crippen molar-refractivity contribution in [1.29, 1.82) is 0 Å². The minimum Gasteiger partial charge on any atom is -0.391 e. The van der Waals surface area contributed by atoms with E-state index in [4.69, 9.17) is 0 Å². The van der Waals surface area contributed by atoms with Gasteiger partial charge in [0.1, 0.15) is 0 Å². The zero-order valence-electron chi connectivity index (χ0n) is 12.2. The molecular formula is C15H20N4O2. The highest BCUT2D eigenvalue weighted by Gasteiger charge is 2.13. The van der Waals surface area contributed by atoms with Crippen LogP contribution >= 0.6 is 0 Å². The Morgan fingerprint density at radius 1 is 1.33 bits per heavy atom. The zero-order chi connectivity index (χ0) is 15.2. The molecule has 0 spiro atoms. The van der Waals surface area contributed by atoms with Crippen LogP contribution in [0.25, 0.3) is 5.69 Å². The van der Waals surface area contributed by atoms with Crippen LogP contribution in [0.4, 0.5) is 0 Å². The predicted molar refractivity (Wildman–Crippen MR) is 79.2 cm³/mol. The molecule has 1 unspecified atom stereocenters. The van der Waals surface area contributed by atoms with E-state index in [0.717, 1.165) is 5.69 Å². The van der Waals surface area contributed by atoms with Crippen molar-refractivity contribution in [3.63, 3.8) is 0 Å². The fraction of sp³-hybridized carbons (Fsp3) is 0.400. The second-order valence-electron chi connectivity index (χ2n) is 5.38. The fourth-order valence-corrected chi connectivity index (χ4v) is 2.00. The third-order valence-electron chi connectivity index (χ3n) is 2.99. The third-order valence-corrected chi connectivity index (χ3v) is 2.99. The van der Waals surface area contributed by atoms with E-state index in [9.17, 15) is 9.90 Å². The van der Waals surface area contributed by atoms with Crippen LogP contribution in [0.15, 0.2) is 36.5 Å². The minimum atomic E-state index is -0.543. The van der Waals surface area contributed by atoms with Gasteiger partial charge in [-0.2, -0.15) is 0 Å². The number of carbonyl (C=O) groups excluding carboxylic acids is 1. The SMILES string of the molecule is CC(C)CC(O)CNC(=O)c1cn(-c2ccccc2)nn1. The number of aliphatic hydroxyl groups excluding tert-OH is 1. The Kier molecular flexibility index (Phi) is 5.05. The lowest BCUT2D eigenvalue weighted by Gasteiger charge is -2.12. The van der Waals surface area contributed by atoms with E-state index in [1.807, 2.05) is 44.2 Å². The largest absolute Gasteiger partial charge is 0.391 e. The molecule has 0 radical (unpaired) electrons. The first-order valence-electron chi connectivity index (χ1n) is 7.00. The Bertz CT molecular complexity index is 580. The van der Waals surface area contributed by atoms with Crippen molar-refractivity contribution in [2.75, 3.05) is 6.54 Å². The number of aromatic nitrogens is 3. The summed E-state index contributed by atoms with van der Waals surface area (Å²) in [4.78, 5) is 11.9. The van der Waals surface area contributed by atoms with Crippen LogP contribution in [-0.2, 0) is 0 Å². The number of aliphatic hydroxyl groups is 1. The van der Waals surface area contributed by atoms with Gasteiger partial charge >= 0.3 is 0 Å². The molecule has 2 rings (SSSR count). The van der Waals surface area contributed by atoms with Gasteiger partial charge in [0.15, 0.2) is 5.69 Å². The molecular weight excluding hydrogens is 268 g/mol. The van der Waals surface area contributed by atoms with Gasteiger partial charge < -0.3 is 10.4 Å². The Balaban J connectivity index is 1.93. The summed E-state index contributed by atoms with van der Waals surface area (Å²) < 4.78 is 1.54. The molecule has 1 heterocycles. The van der Waals surface area contributed by atoms with E-state index >= 15 is 0 Å². The van der Waals surface area contributed by atoms with Gasteiger partial charge in [-0.1, -0.05) is 37.3 Å². The summed E-state index contributed by atoms with van der Waals surface area (Å²) in [5, 5.41) is 20.2. The average molecular weight is 288 g/mol. The normalized spacial score (nSPS) is 12.4. The zero-order valence-corrected chi connectivity index (χ0v) is 12.2. The maximum atomic E-state index is 11.9. The number of para-hydroxylation sites is 1. The molecule has 2 N–H and O–H groups in total. The van der Waals surface area contributed by atoms with Gasteiger partial charge in [-0.15, -0.1) is 5.10 Å². The Morgan fingerprint density at radius 3 is 2.71 bits per heavy atom. The maximum Gasteiger partial charge on any atom is 0.273 e. The molecule has 1 amide bonds. The van der Waals surface area contributed by atoms with E-state index in [1.165, 1.54) is 0 Å². The first-order chi connectivity index (χ1) is 10.1. The number of amides is 1. The smallest absolute Gasteiger partial charge is 0.273 e. The summed E-state index contributed by atoms with van der Waals surface area (Å²) in [6, 6.07) is 9.44. The molecule has 2 aromatic rings. The Labute approximate surface area is 123 Å². The van der Waals surface area contributed by atoms with E-state index in [1.54, 1.807) is 10.9 Å². The molecule has 1 aromatic carbocycles. The van der Waals surface area contributed by atoms with Gasteiger partial charge in [0.25, 0.3) is 5.91 Å². The minimum absolute atomic E-state index is 0.217. The average Bonchev–Trinajstić information content (AvgIpc) is 2.95. The molecule has 0 saturated heterocycles. The molecule has 21 heavy (non-hydrogen) atoms. The van der Waals surface area contributed by atoms with Gasteiger partial charge in [-0.3, -0.25) is 4.79 Å². The summed E-state index contributed by atoms with van der Waals surface area (Å²) in [5.74, 6) is 0.0517. The Hall–Kier alpha value is -2.21. The van der Waals surface area contributed by atoms with Gasteiger partial charge in [-0.25, -0.2) is 4.68 Å². The molecule has 0 aliphatic rings. The van der Waals surface area contributed by atoms with Crippen LogP contribution in [0.2, 0.25) is 0 Å². The second kappa shape index (κ2) is 6.99. The molecule has 1 aromatic heterocycles. The molecule has 0 aliphatic heterocycles. The van der Waals surface area contributed by atoms with E-state index < -0.39 is 6.10 Å². The quantitative estimate of drug-likeness (QED) is 0.842. The molecule has 0 aliphatic carbocycles. The van der Waals surface area contributed by atoms with Crippen LogP contribution in [-0.4, -0.2) is 38.7 Å². The number of hydrogen-bond acceptors (Lipinski definition) is 4. The van der Waals surface area contributed by atoms with Crippen molar-refractivity contribution in [3.8, 4) is 5.69 Å². The van der Waals surface area contributed by atoms with E-state index in [-0.39, 0.29) is 18.1 Å². The van der Waals surface area contributed by atoms with E-state index in [0.29, 0.717) is 12.3 Å². The predicted octanol–water partition coefficient (Wildman–Crippen LogP) is 1.40. The van der Waals surface area contributed by atoms with Crippen molar-refractivity contribution in [2.45, 2.75) is 26.4 Å². The second-order valence-corrected chi connectivity index (χ2v) is 5.38. The lowest BCUT2D eigenvalue weighted by Crippen LogP contribution is -2.33. The number of nitrogens with zero attached hydrogens (tertiary/aromatic N) is 3. The van der Waals surface area contributed by atoms with Crippen molar-refractivity contribution in [3.05, 3.63) is 42.2 Å². The van der Waals surface area contributed by atoms with Gasteiger partial charge in [0.05, 0.1) is 18.0 Å². The van der Waals surface area contributed by atoms with E-state index in [2.05, 4.69) is 15.6 Å². The number of rotatable bonds is 6. The van der Waals surface area contributed by atoms with Crippen LogP contribution in [0.3, 0.4) is 0 Å². The highest BCUT2D eigenvalue weighted by atomic mass is 16.3. The van der Waals surface area contributed by atoms with Crippen LogP contribution in [0.5, 0.6) is 0 Å². The van der Waals surface area contributed by atoms with Gasteiger partial charge in [0, 0.05) is 6.54 Å². The number of hydrogen-bond donors (Lipinski definition) is 2. The van der Waals surface area contributed by atoms with Gasteiger partial charge in [-0.05, 0) is 24.5 Å². The van der Waals surface area contributed by atoms with Crippen molar-refractivity contribution in [2.24, 2.45) is 5.92 Å². The summed E-state index contributed by atoms with van der Waals surface area (Å²) >= 11 is 0. The summed E-state index contributed by atoms with van der Waals surface area (Å²) in [6.07, 6.45) is 1.68. The molecule has 112 valence electrons. The molecule has 0 saturated carbocycles. The summed E-state index contributed by atoms with van der Waals surface area (Å²) in [7, 11) is 0. The van der Waals surface area contributed by atoms with Crippen LogP contribution in [0.1, 0.15) is 30.8 Å². The Morgan fingerprint density at radius 2 is 2.05 bits per heavy atom. The molecule has 0 bridgehead atoms. The molecule has 6 nitrogen and oxygen atoms in total. The summed E-state index contributed by atoms with van der Waals surface area (Å²) in [6.45, 7) is 4.27. The first kappa shape index (κ1) is 15.2. The van der Waals surface area contributed by atoms with Crippen molar-refractivity contribution < 1.29 is 9.90 Å². The van der Waals surface area contributed by atoms with Crippen molar-refractivity contribution in [1.82, 2.24) is 20.3 Å². The first-order valence-corrected chi connectivity index (χ1v) is 7.00. The van der Waals surface area contributed by atoms with Crippen LogP contribution in [0, 0.1) is 5.92 Å². The lowest BCUT2D eigenvalue weighted by atomic mass is 10.1. The molecule has 1 atom stereocenters. The highest BCUT2D eigenvalue weighted by molar-refractivity contribution is 5.91. The van der Waals surface area contributed by atoms with Crippen molar-refractivity contribution >= 4 is 5.91 Å². The molecule has 0 fully saturated rings. The monoisotopic (exact) mass is 288 g/mol. The number of nitrogens with one attached hydrogen (secondary N) is 1. The molecule has 6 heteroatoms. The third kappa shape index (κ3) is 4.39. The number of carbonyl (C=O) groups is 1. The topological polar surface area (TPSA) is 80.0 Å². The summed E-state index contributed by atoms with van der Waals surface area (Å²) in [5.41, 5.74) is 1.07. The van der Waals surface area contributed by atoms with Gasteiger partial charge in [0.2, 0.25) is 0 Å². The lowest BCUT2D eigenvalue weighted by molar-refractivity contribution is 0.0895. The highest BCUT2D eigenvalue weighted by Crippen LogP contribution is 2.06. The standard InChI is InChI=1S/C15H20N4O2/c1-11(2)8-13(20)9-16-15(21)14-10-19(18-17-14)12-6-4-3-5-7-12/h3-7,10-11,13,20H,8-9H2,1-2H3,(H,16,21).